The molecular weight excluding hydrogens is 318 g/mol. The lowest BCUT2D eigenvalue weighted by Crippen LogP contribution is -2.11. The van der Waals surface area contributed by atoms with Crippen molar-refractivity contribution < 1.29 is 28.7 Å². The third kappa shape index (κ3) is 151. The number of hydrogen-bond donors (Lipinski definition) is 1. The summed E-state index contributed by atoms with van der Waals surface area (Å²) >= 11 is 0. The summed E-state index contributed by atoms with van der Waals surface area (Å²) in [5.74, 6) is -0.241. The summed E-state index contributed by atoms with van der Waals surface area (Å²) in [6.45, 7) is 8.39. The number of hydrogen-bond acceptors (Lipinski definition) is 8. The lowest BCUT2D eigenvalue weighted by Gasteiger charge is -1.83. The Morgan fingerprint density at radius 2 is 1.25 bits per heavy atom. The second kappa shape index (κ2) is 37.2. The van der Waals surface area contributed by atoms with Gasteiger partial charge in [0.15, 0.2) is 0 Å². The van der Waals surface area contributed by atoms with Crippen molar-refractivity contribution in [2.24, 2.45) is 10.3 Å². The van der Waals surface area contributed by atoms with Crippen LogP contribution in [0.15, 0.2) is 10.3 Å². The van der Waals surface area contributed by atoms with E-state index in [1.165, 1.54) is 35.2 Å². The van der Waals surface area contributed by atoms with Crippen LogP contribution in [0.2, 0.25) is 0 Å². The number of nitrogens with zero attached hydrogens (tertiary/aromatic N) is 2. The van der Waals surface area contributed by atoms with Gasteiger partial charge in [-0.2, -0.15) is 0 Å². The third-order valence-electron chi connectivity index (χ3n) is 1.12. The standard InChI is InChI=1S/C4H9NO.2C3H7NO.C3H6O2.C2H6O/c1-4(2)5-6-3;1-3-4-5-2;1-3(5)4-2;1-3(4)5-2;1-3-2/h1-3H3;3H,1-2H3;1-2H3,(H,4,5);1-2H3;1-2H3/b;4-3+;;;. The van der Waals surface area contributed by atoms with Crippen LogP contribution in [-0.4, -0.2) is 66.4 Å². The molecule has 0 saturated carbocycles. The summed E-state index contributed by atoms with van der Waals surface area (Å²) in [7, 11) is 9.25. The predicted octanol–water partition coefficient (Wildman–Crippen LogP) is 1.86. The molecule has 0 saturated heterocycles. The van der Waals surface area contributed by atoms with E-state index >= 15 is 0 Å². The monoisotopic (exact) mass is 353 g/mol. The molecule has 9 heteroatoms. The zero-order valence-corrected chi connectivity index (χ0v) is 16.9. The Morgan fingerprint density at radius 3 is 1.25 bits per heavy atom. The van der Waals surface area contributed by atoms with Crippen molar-refractivity contribution in [1.29, 1.82) is 0 Å². The SMILES string of the molecule is C/C=N/OC.CNC(C)=O.COC.COC(C)=O.CON=C(C)C. The normalized spacial score (nSPS) is 7.29. The van der Waals surface area contributed by atoms with Gasteiger partial charge in [0.2, 0.25) is 5.91 Å². The van der Waals surface area contributed by atoms with Crippen molar-refractivity contribution in [2.75, 3.05) is 42.6 Å². The fraction of sp³-hybridized carbons (Fsp3) is 0.733. The van der Waals surface area contributed by atoms with Gasteiger partial charge in [0.1, 0.15) is 14.2 Å². The van der Waals surface area contributed by atoms with E-state index in [9.17, 15) is 9.59 Å². The van der Waals surface area contributed by atoms with Gasteiger partial charge in [0.05, 0.1) is 12.8 Å². The van der Waals surface area contributed by atoms with Crippen LogP contribution in [0.5, 0.6) is 0 Å². The van der Waals surface area contributed by atoms with Crippen LogP contribution in [0.3, 0.4) is 0 Å². The molecule has 0 aromatic heterocycles. The molecule has 0 aliphatic rings. The van der Waals surface area contributed by atoms with E-state index in [1.54, 1.807) is 34.4 Å². The Labute approximate surface area is 146 Å². The lowest BCUT2D eigenvalue weighted by atomic mass is 10.5. The summed E-state index contributed by atoms with van der Waals surface area (Å²) in [6, 6.07) is 0. The second-order valence-electron chi connectivity index (χ2n) is 3.68. The van der Waals surface area contributed by atoms with Gasteiger partial charge in [0, 0.05) is 41.3 Å². The Balaban J connectivity index is -0.0000000636. The highest BCUT2D eigenvalue weighted by atomic mass is 16.6. The van der Waals surface area contributed by atoms with Crippen LogP contribution in [0.25, 0.3) is 0 Å². The molecule has 0 rings (SSSR count). The quantitative estimate of drug-likeness (QED) is 0.461. The minimum Gasteiger partial charge on any atom is -0.469 e. The molecular formula is C15H35N3O6. The van der Waals surface area contributed by atoms with Crippen LogP contribution in [0.4, 0.5) is 0 Å². The number of ether oxygens (including phenoxy) is 2. The average molecular weight is 353 g/mol. The molecule has 146 valence electrons. The Kier molecular flexibility index (Phi) is 51.9. The number of carbonyl (C=O) groups excluding carboxylic acids is 2. The maximum absolute atomic E-state index is 9.70. The van der Waals surface area contributed by atoms with E-state index in [0.717, 1.165) is 5.71 Å². The molecule has 9 nitrogen and oxygen atoms in total. The van der Waals surface area contributed by atoms with Crippen molar-refractivity contribution in [3.05, 3.63) is 0 Å². The number of carbonyl (C=O) groups is 2. The minimum absolute atomic E-state index is 0.00463. The first-order chi connectivity index (χ1) is 11.1. The maximum Gasteiger partial charge on any atom is 0.302 e. The number of amides is 1. The fourth-order valence-corrected chi connectivity index (χ4v) is 0.288. The number of methoxy groups -OCH3 is 2. The second-order valence-corrected chi connectivity index (χ2v) is 3.68. The first kappa shape index (κ1) is 33.4. The number of esters is 1. The summed E-state index contributed by atoms with van der Waals surface area (Å²) in [4.78, 5) is 27.9. The van der Waals surface area contributed by atoms with Crippen molar-refractivity contribution in [1.82, 2.24) is 5.32 Å². The van der Waals surface area contributed by atoms with Gasteiger partial charge in [-0.15, -0.1) is 5.16 Å². The number of rotatable bonds is 2. The van der Waals surface area contributed by atoms with Gasteiger partial charge in [-0.3, -0.25) is 9.59 Å². The highest BCUT2D eigenvalue weighted by molar-refractivity contribution is 5.78. The van der Waals surface area contributed by atoms with Crippen LogP contribution >= 0.6 is 0 Å². The molecule has 0 aliphatic heterocycles. The van der Waals surface area contributed by atoms with Crippen LogP contribution in [0.1, 0.15) is 34.6 Å². The molecule has 1 N–H and O–H groups in total. The van der Waals surface area contributed by atoms with Crippen LogP contribution in [0, 0.1) is 0 Å². The molecule has 1 amide bonds. The average Bonchev–Trinajstić information content (AvgIpc) is 2.50. The molecule has 0 unspecified atom stereocenters. The van der Waals surface area contributed by atoms with E-state index in [2.05, 4.69) is 34.8 Å². The molecule has 0 heterocycles. The zero-order valence-electron chi connectivity index (χ0n) is 16.9. The molecule has 0 aromatic rings. The molecule has 24 heavy (non-hydrogen) atoms. The third-order valence-corrected chi connectivity index (χ3v) is 1.12. The van der Waals surface area contributed by atoms with Crippen molar-refractivity contribution in [2.45, 2.75) is 34.6 Å². The van der Waals surface area contributed by atoms with Gasteiger partial charge in [-0.25, -0.2) is 0 Å². The van der Waals surface area contributed by atoms with Crippen molar-refractivity contribution in [3.63, 3.8) is 0 Å². The van der Waals surface area contributed by atoms with Gasteiger partial charge < -0.3 is 24.5 Å². The summed E-state index contributed by atoms with van der Waals surface area (Å²) in [5, 5.41) is 9.28. The molecule has 0 spiro atoms. The summed E-state index contributed by atoms with van der Waals surface area (Å²) in [6.07, 6.45) is 1.58. The van der Waals surface area contributed by atoms with Gasteiger partial charge >= 0.3 is 5.97 Å². The summed E-state index contributed by atoms with van der Waals surface area (Å²) in [5.41, 5.74) is 0.942. The number of nitrogens with one attached hydrogen (secondary N) is 1. The summed E-state index contributed by atoms with van der Waals surface area (Å²) < 4.78 is 8.36. The van der Waals surface area contributed by atoms with E-state index in [0.29, 0.717) is 0 Å². The van der Waals surface area contributed by atoms with Gasteiger partial charge in [-0.1, -0.05) is 5.16 Å². The topological polar surface area (TPSA) is 108 Å². The maximum atomic E-state index is 9.70. The van der Waals surface area contributed by atoms with Gasteiger partial charge in [0.25, 0.3) is 0 Å². The van der Waals surface area contributed by atoms with Crippen molar-refractivity contribution in [3.8, 4) is 0 Å². The molecule has 0 aliphatic carbocycles. The van der Waals surface area contributed by atoms with Crippen LogP contribution in [-0.2, 0) is 28.7 Å². The van der Waals surface area contributed by atoms with Gasteiger partial charge in [-0.05, 0) is 20.8 Å². The van der Waals surface area contributed by atoms with E-state index < -0.39 is 0 Å². The molecule has 0 radical (unpaired) electrons. The van der Waals surface area contributed by atoms with E-state index in [1.807, 2.05) is 13.8 Å². The van der Waals surface area contributed by atoms with E-state index in [4.69, 9.17) is 0 Å². The fourth-order valence-electron chi connectivity index (χ4n) is 0.288. The van der Waals surface area contributed by atoms with E-state index in [-0.39, 0.29) is 11.9 Å². The molecule has 0 aromatic carbocycles. The minimum atomic E-state index is -0.245. The number of oxime groups is 2. The highest BCUT2D eigenvalue weighted by Gasteiger charge is 1.75. The first-order valence-corrected chi connectivity index (χ1v) is 6.83. The Hall–Kier alpha value is -2.16. The smallest absolute Gasteiger partial charge is 0.302 e. The largest absolute Gasteiger partial charge is 0.469 e. The van der Waals surface area contributed by atoms with Crippen molar-refractivity contribution >= 4 is 23.8 Å². The van der Waals surface area contributed by atoms with Crippen LogP contribution < -0.4 is 5.32 Å². The molecule has 0 fully saturated rings. The molecule has 0 atom stereocenters. The Bertz CT molecular complexity index is 290. The molecule has 0 bridgehead atoms. The highest BCUT2D eigenvalue weighted by Crippen LogP contribution is 1.71. The predicted molar refractivity (Wildman–Crippen MR) is 97.3 cm³/mol. The lowest BCUT2D eigenvalue weighted by molar-refractivity contribution is -0.137. The first-order valence-electron chi connectivity index (χ1n) is 6.83. The Morgan fingerprint density at radius 1 is 0.917 bits per heavy atom. The zero-order chi connectivity index (χ0) is 20.4.